The molecule has 1 rings (SSSR count). The Bertz CT molecular complexity index is 239. The van der Waals surface area contributed by atoms with Crippen LogP contribution in [0.5, 0.6) is 0 Å². The van der Waals surface area contributed by atoms with Gasteiger partial charge >= 0.3 is 0 Å². The number of likely N-dealkylation sites (N-methyl/N-ethyl adjacent to an activating group) is 1. The van der Waals surface area contributed by atoms with Crippen molar-refractivity contribution in [2.45, 2.75) is 58.0 Å². The third-order valence-electron chi connectivity index (χ3n) is 3.78. The van der Waals surface area contributed by atoms with Gasteiger partial charge in [-0.3, -0.25) is 4.79 Å². The molecule has 1 aliphatic rings. The zero-order chi connectivity index (χ0) is 13.4. The Labute approximate surface area is 111 Å². The summed E-state index contributed by atoms with van der Waals surface area (Å²) >= 11 is 0. The van der Waals surface area contributed by atoms with Gasteiger partial charge in [0.2, 0.25) is 5.91 Å². The van der Waals surface area contributed by atoms with Crippen LogP contribution < -0.4 is 10.6 Å². The van der Waals surface area contributed by atoms with Gasteiger partial charge in [0, 0.05) is 31.6 Å². The lowest BCUT2D eigenvalue weighted by molar-refractivity contribution is -0.121. The van der Waals surface area contributed by atoms with E-state index in [4.69, 9.17) is 0 Å². The van der Waals surface area contributed by atoms with Crippen LogP contribution >= 0.6 is 0 Å². The second kappa shape index (κ2) is 8.48. The van der Waals surface area contributed by atoms with Gasteiger partial charge in [0.15, 0.2) is 0 Å². The second-order valence-electron chi connectivity index (χ2n) is 5.43. The Balaban J connectivity index is 2.07. The highest BCUT2D eigenvalue weighted by molar-refractivity contribution is 5.76. The number of rotatable bonds is 8. The molecule has 0 radical (unpaired) electrons. The smallest absolute Gasteiger partial charge is 0.221 e. The summed E-state index contributed by atoms with van der Waals surface area (Å²) in [6.45, 7) is 6.76. The van der Waals surface area contributed by atoms with Gasteiger partial charge in [-0.05, 0) is 33.4 Å². The standard InChI is InChI=1S/C14H29N3O/c1-4-15-12(2)11-14(18)16-9-10-17(3)13-7-5-6-8-13/h12-13,15H,4-11H2,1-3H3,(H,16,18). The van der Waals surface area contributed by atoms with E-state index >= 15 is 0 Å². The summed E-state index contributed by atoms with van der Waals surface area (Å²) in [5, 5.41) is 6.25. The largest absolute Gasteiger partial charge is 0.355 e. The Morgan fingerprint density at radius 2 is 2.06 bits per heavy atom. The third kappa shape index (κ3) is 5.83. The Hall–Kier alpha value is -0.610. The highest BCUT2D eigenvalue weighted by atomic mass is 16.1. The van der Waals surface area contributed by atoms with Crippen molar-refractivity contribution in [1.82, 2.24) is 15.5 Å². The van der Waals surface area contributed by atoms with Crippen molar-refractivity contribution in [2.75, 3.05) is 26.7 Å². The number of carbonyl (C=O) groups excluding carboxylic acids is 1. The topological polar surface area (TPSA) is 44.4 Å². The maximum atomic E-state index is 11.7. The fraction of sp³-hybridized carbons (Fsp3) is 0.929. The predicted octanol–water partition coefficient (Wildman–Crippen LogP) is 1.37. The average molecular weight is 255 g/mol. The summed E-state index contributed by atoms with van der Waals surface area (Å²) in [5.41, 5.74) is 0. The van der Waals surface area contributed by atoms with E-state index in [1.165, 1.54) is 25.7 Å². The second-order valence-corrected chi connectivity index (χ2v) is 5.43. The lowest BCUT2D eigenvalue weighted by atomic mass is 10.2. The van der Waals surface area contributed by atoms with E-state index in [9.17, 15) is 4.79 Å². The lowest BCUT2D eigenvalue weighted by Gasteiger charge is -2.24. The quantitative estimate of drug-likeness (QED) is 0.688. The minimum absolute atomic E-state index is 0.156. The van der Waals surface area contributed by atoms with E-state index in [0.717, 1.165) is 25.7 Å². The van der Waals surface area contributed by atoms with E-state index in [1.54, 1.807) is 0 Å². The van der Waals surface area contributed by atoms with E-state index in [2.05, 4.69) is 29.5 Å². The summed E-state index contributed by atoms with van der Waals surface area (Å²) < 4.78 is 0. The predicted molar refractivity (Wildman–Crippen MR) is 75.7 cm³/mol. The molecule has 0 bridgehead atoms. The Morgan fingerprint density at radius 3 is 2.67 bits per heavy atom. The zero-order valence-electron chi connectivity index (χ0n) is 12.2. The van der Waals surface area contributed by atoms with Gasteiger partial charge in [0.25, 0.3) is 0 Å². The molecule has 1 fully saturated rings. The van der Waals surface area contributed by atoms with Crippen LogP contribution in [0.4, 0.5) is 0 Å². The third-order valence-corrected chi connectivity index (χ3v) is 3.78. The van der Waals surface area contributed by atoms with Crippen LogP contribution in [0.3, 0.4) is 0 Å². The van der Waals surface area contributed by atoms with Crippen LogP contribution in [0.1, 0.15) is 46.0 Å². The summed E-state index contributed by atoms with van der Waals surface area (Å²) in [6.07, 6.45) is 5.94. The van der Waals surface area contributed by atoms with E-state index < -0.39 is 0 Å². The number of nitrogens with zero attached hydrogens (tertiary/aromatic N) is 1. The van der Waals surface area contributed by atoms with Gasteiger partial charge in [0.05, 0.1) is 0 Å². The van der Waals surface area contributed by atoms with Gasteiger partial charge in [-0.15, -0.1) is 0 Å². The molecule has 0 saturated heterocycles. The molecule has 4 nitrogen and oxygen atoms in total. The molecule has 4 heteroatoms. The van der Waals surface area contributed by atoms with E-state index in [-0.39, 0.29) is 11.9 Å². The highest BCUT2D eigenvalue weighted by Gasteiger charge is 2.19. The fourth-order valence-corrected chi connectivity index (χ4v) is 2.67. The maximum Gasteiger partial charge on any atom is 0.221 e. The molecule has 1 saturated carbocycles. The molecule has 0 spiro atoms. The van der Waals surface area contributed by atoms with Gasteiger partial charge in [-0.2, -0.15) is 0 Å². The molecule has 1 aliphatic carbocycles. The zero-order valence-corrected chi connectivity index (χ0v) is 12.2. The minimum atomic E-state index is 0.156. The number of hydrogen-bond donors (Lipinski definition) is 2. The van der Waals surface area contributed by atoms with Crippen LogP contribution in [-0.4, -0.2) is 49.6 Å². The van der Waals surface area contributed by atoms with Crippen molar-refractivity contribution in [3.63, 3.8) is 0 Å². The summed E-state index contributed by atoms with van der Waals surface area (Å²) in [4.78, 5) is 14.1. The molecule has 106 valence electrons. The van der Waals surface area contributed by atoms with Crippen molar-refractivity contribution in [2.24, 2.45) is 0 Å². The first-order chi connectivity index (χ1) is 8.63. The number of amides is 1. The summed E-state index contributed by atoms with van der Waals surface area (Å²) in [5.74, 6) is 0.156. The molecular weight excluding hydrogens is 226 g/mol. The average Bonchev–Trinajstić information content (AvgIpc) is 2.82. The van der Waals surface area contributed by atoms with Gasteiger partial charge in [-0.25, -0.2) is 0 Å². The number of hydrogen-bond acceptors (Lipinski definition) is 3. The molecular formula is C14H29N3O. The summed E-state index contributed by atoms with van der Waals surface area (Å²) in [6, 6.07) is 1.00. The first kappa shape index (κ1) is 15.4. The normalized spacial score (nSPS) is 18.2. The highest BCUT2D eigenvalue weighted by Crippen LogP contribution is 2.21. The van der Waals surface area contributed by atoms with Gasteiger partial charge < -0.3 is 15.5 Å². The molecule has 1 amide bonds. The van der Waals surface area contributed by atoms with Gasteiger partial charge in [0.1, 0.15) is 0 Å². The van der Waals surface area contributed by atoms with Gasteiger partial charge in [-0.1, -0.05) is 19.8 Å². The molecule has 2 N–H and O–H groups in total. The Kier molecular flexibility index (Phi) is 7.28. The van der Waals surface area contributed by atoms with Crippen LogP contribution in [0.25, 0.3) is 0 Å². The SMILES string of the molecule is CCNC(C)CC(=O)NCCN(C)C1CCCC1. The first-order valence-electron chi connectivity index (χ1n) is 7.33. The number of carbonyl (C=O) groups is 1. The minimum Gasteiger partial charge on any atom is -0.355 e. The van der Waals surface area contributed by atoms with Crippen molar-refractivity contribution >= 4 is 5.91 Å². The molecule has 0 aromatic heterocycles. The molecule has 0 heterocycles. The molecule has 1 atom stereocenters. The fourth-order valence-electron chi connectivity index (χ4n) is 2.67. The van der Waals surface area contributed by atoms with Crippen molar-refractivity contribution in [3.8, 4) is 0 Å². The summed E-state index contributed by atoms with van der Waals surface area (Å²) in [7, 11) is 2.17. The lowest BCUT2D eigenvalue weighted by Crippen LogP contribution is -2.39. The Morgan fingerprint density at radius 1 is 1.39 bits per heavy atom. The molecule has 0 aromatic carbocycles. The van der Waals surface area contributed by atoms with Crippen molar-refractivity contribution in [3.05, 3.63) is 0 Å². The monoisotopic (exact) mass is 255 g/mol. The number of nitrogens with one attached hydrogen (secondary N) is 2. The molecule has 0 aromatic rings. The molecule has 18 heavy (non-hydrogen) atoms. The van der Waals surface area contributed by atoms with Crippen LogP contribution in [-0.2, 0) is 4.79 Å². The van der Waals surface area contributed by atoms with E-state index in [1.807, 2.05) is 6.92 Å². The first-order valence-corrected chi connectivity index (χ1v) is 7.33. The maximum absolute atomic E-state index is 11.7. The van der Waals surface area contributed by atoms with Crippen LogP contribution in [0, 0.1) is 0 Å². The van der Waals surface area contributed by atoms with Crippen LogP contribution in [0.2, 0.25) is 0 Å². The van der Waals surface area contributed by atoms with Crippen LogP contribution in [0.15, 0.2) is 0 Å². The molecule has 1 unspecified atom stereocenters. The van der Waals surface area contributed by atoms with Crippen molar-refractivity contribution in [1.29, 1.82) is 0 Å². The van der Waals surface area contributed by atoms with E-state index in [0.29, 0.717) is 6.42 Å². The van der Waals surface area contributed by atoms with Crippen molar-refractivity contribution < 1.29 is 4.79 Å². The molecule has 0 aliphatic heterocycles.